The van der Waals surface area contributed by atoms with Crippen LogP contribution in [0.5, 0.6) is 0 Å². The minimum absolute atomic E-state index is 0.000843. The molecule has 1 aromatic carbocycles. The first-order valence-corrected chi connectivity index (χ1v) is 7.69. The summed E-state index contributed by atoms with van der Waals surface area (Å²) in [6.07, 6.45) is -2.27. The van der Waals surface area contributed by atoms with Gasteiger partial charge < -0.3 is 25.1 Å². The number of carbonyl (C=O) groups is 1. The number of benzene rings is 1. The average molecular weight is 335 g/mol. The number of nitrogens with two attached hydrogens (primary N) is 1. The Kier molecular flexibility index (Phi) is 4.20. The molecule has 8 nitrogen and oxygen atoms in total. The standard InChI is InChI=1S/C16H21N3O5/c1-16(2)23-12-8-22-11(13(12)24-16)7-19(15(20)21)14(18)9-3-5-10(17)6-4-9/h3-6,11-13,18H,7-8,17H2,1-2H3,(H,20,21)/t11-,12+,13-/m1/s1. The molecule has 0 saturated carbocycles. The molecule has 2 aliphatic heterocycles. The molecule has 8 heteroatoms. The molecule has 0 radical (unpaired) electrons. The zero-order valence-electron chi connectivity index (χ0n) is 13.6. The maximum atomic E-state index is 11.6. The summed E-state index contributed by atoms with van der Waals surface area (Å²) < 4.78 is 17.2. The number of nitrogens with zero attached hydrogens (tertiary/aromatic N) is 1. The molecule has 2 saturated heterocycles. The lowest BCUT2D eigenvalue weighted by Crippen LogP contribution is -2.45. The lowest BCUT2D eigenvalue weighted by atomic mass is 10.1. The third-order valence-corrected chi connectivity index (χ3v) is 4.11. The predicted molar refractivity (Wildman–Crippen MR) is 86.0 cm³/mol. The highest BCUT2D eigenvalue weighted by Crippen LogP contribution is 2.35. The van der Waals surface area contributed by atoms with Crippen LogP contribution in [0.3, 0.4) is 0 Å². The second kappa shape index (κ2) is 6.04. The van der Waals surface area contributed by atoms with Gasteiger partial charge in [-0.2, -0.15) is 0 Å². The van der Waals surface area contributed by atoms with Gasteiger partial charge in [-0.3, -0.25) is 10.3 Å². The average Bonchev–Trinajstić information content (AvgIpc) is 3.00. The number of carboxylic acid groups (broad SMARTS) is 1. The van der Waals surface area contributed by atoms with Crippen molar-refractivity contribution in [3.8, 4) is 0 Å². The number of nitrogens with one attached hydrogen (secondary N) is 1. The molecule has 2 heterocycles. The minimum Gasteiger partial charge on any atom is -0.465 e. The van der Waals surface area contributed by atoms with E-state index in [0.717, 1.165) is 4.90 Å². The van der Waals surface area contributed by atoms with Crippen LogP contribution in [-0.4, -0.2) is 59.2 Å². The van der Waals surface area contributed by atoms with E-state index in [2.05, 4.69) is 0 Å². The fourth-order valence-electron chi connectivity index (χ4n) is 3.02. The Morgan fingerprint density at radius 2 is 2.04 bits per heavy atom. The predicted octanol–water partition coefficient (Wildman–Crippen LogP) is 1.49. The minimum atomic E-state index is -1.22. The largest absolute Gasteiger partial charge is 0.465 e. The third kappa shape index (κ3) is 3.21. The van der Waals surface area contributed by atoms with Crippen molar-refractivity contribution < 1.29 is 24.1 Å². The molecule has 0 bridgehead atoms. The zero-order chi connectivity index (χ0) is 17.5. The van der Waals surface area contributed by atoms with Crippen LogP contribution in [-0.2, 0) is 14.2 Å². The molecule has 3 atom stereocenters. The fraction of sp³-hybridized carbons (Fsp3) is 0.500. The van der Waals surface area contributed by atoms with E-state index in [-0.39, 0.29) is 24.6 Å². The summed E-state index contributed by atoms with van der Waals surface area (Å²) in [6.45, 7) is 3.97. The smallest absolute Gasteiger partial charge is 0.413 e. The van der Waals surface area contributed by atoms with Gasteiger partial charge in [0.05, 0.1) is 13.2 Å². The van der Waals surface area contributed by atoms with Gasteiger partial charge in [-0.25, -0.2) is 4.79 Å². The summed E-state index contributed by atoms with van der Waals surface area (Å²) in [6, 6.07) is 6.49. The first kappa shape index (κ1) is 16.7. The molecule has 1 aromatic rings. The van der Waals surface area contributed by atoms with Crippen LogP contribution in [0.15, 0.2) is 24.3 Å². The van der Waals surface area contributed by atoms with E-state index in [0.29, 0.717) is 17.9 Å². The number of hydrogen-bond acceptors (Lipinski definition) is 6. The number of anilines is 1. The van der Waals surface area contributed by atoms with Gasteiger partial charge in [-0.05, 0) is 38.1 Å². The quantitative estimate of drug-likeness (QED) is 0.437. The number of hydrogen-bond donors (Lipinski definition) is 3. The van der Waals surface area contributed by atoms with Crippen molar-refractivity contribution in [2.75, 3.05) is 18.9 Å². The van der Waals surface area contributed by atoms with Crippen LogP contribution in [0, 0.1) is 5.41 Å². The Balaban J connectivity index is 1.74. The highest BCUT2D eigenvalue weighted by Gasteiger charge is 2.50. The van der Waals surface area contributed by atoms with Crippen molar-refractivity contribution in [1.29, 1.82) is 5.41 Å². The Morgan fingerprint density at radius 1 is 1.38 bits per heavy atom. The van der Waals surface area contributed by atoms with Crippen LogP contribution < -0.4 is 5.73 Å². The van der Waals surface area contributed by atoms with Gasteiger partial charge in [0.1, 0.15) is 24.1 Å². The van der Waals surface area contributed by atoms with Crippen molar-refractivity contribution in [3.05, 3.63) is 29.8 Å². The maximum Gasteiger partial charge on any atom is 0.413 e. The van der Waals surface area contributed by atoms with Crippen LogP contribution in [0.1, 0.15) is 19.4 Å². The van der Waals surface area contributed by atoms with E-state index in [9.17, 15) is 9.90 Å². The molecule has 2 fully saturated rings. The van der Waals surface area contributed by atoms with Crippen LogP contribution in [0.2, 0.25) is 0 Å². The van der Waals surface area contributed by atoms with Crippen molar-refractivity contribution >= 4 is 17.6 Å². The van der Waals surface area contributed by atoms with Crippen molar-refractivity contribution in [1.82, 2.24) is 4.90 Å². The highest BCUT2D eigenvalue weighted by molar-refractivity contribution is 6.04. The molecule has 0 spiro atoms. The number of fused-ring (bicyclic) bond motifs is 1. The first-order valence-electron chi connectivity index (χ1n) is 7.69. The zero-order valence-corrected chi connectivity index (χ0v) is 13.6. The van der Waals surface area contributed by atoms with E-state index in [1.165, 1.54) is 0 Å². The lowest BCUT2D eigenvalue weighted by Gasteiger charge is -2.26. The summed E-state index contributed by atoms with van der Waals surface area (Å²) in [5, 5.41) is 17.7. The summed E-state index contributed by atoms with van der Waals surface area (Å²) >= 11 is 0. The molecule has 3 rings (SSSR count). The summed E-state index contributed by atoms with van der Waals surface area (Å²) in [5.41, 5.74) is 6.64. The van der Waals surface area contributed by atoms with Crippen LogP contribution in [0.25, 0.3) is 0 Å². The van der Waals surface area contributed by atoms with E-state index in [1.807, 2.05) is 13.8 Å². The molecule has 0 aromatic heterocycles. The molecule has 0 unspecified atom stereocenters. The van der Waals surface area contributed by atoms with Gasteiger partial charge in [-0.15, -0.1) is 0 Å². The SMILES string of the molecule is CC1(C)O[C@H]2[C@H](CO[C@@H]2CN(C(=N)c2ccc(N)cc2)C(=O)O)O1. The molecule has 0 aliphatic carbocycles. The number of nitrogen functional groups attached to an aromatic ring is 1. The topological polar surface area (TPSA) is 118 Å². The highest BCUT2D eigenvalue weighted by atomic mass is 16.8. The van der Waals surface area contributed by atoms with Gasteiger partial charge in [-0.1, -0.05) is 0 Å². The van der Waals surface area contributed by atoms with E-state index >= 15 is 0 Å². The van der Waals surface area contributed by atoms with Gasteiger partial charge in [0, 0.05) is 11.3 Å². The number of ether oxygens (including phenoxy) is 3. The van der Waals surface area contributed by atoms with Gasteiger partial charge >= 0.3 is 6.09 Å². The van der Waals surface area contributed by atoms with Gasteiger partial charge in [0.2, 0.25) is 0 Å². The molecule has 4 N–H and O–H groups in total. The normalized spacial score (nSPS) is 27.7. The number of amidine groups is 1. The van der Waals surface area contributed by atoms with Gasteiger partial charge in [0.15, 0.2) is 5.79 Å². The molecule has 130 valence electrons. The summed E-state index contributed by atoms with van der Waals surface area (Å²) in [7, 11) is 0. The second-order valence-corrected chi connectivity index (χ2v) is 6.37. The molecule has 2 aliphatic rings. The van der Waals surface area contributed by atoms with E-state index < -0.39 is 18.0 Å². The number of amides is 1. The molecular formula is C16H21N3O5. The van der Waals surface area contributed by atoms with Gasteiger partial charge in [0.25, 0.3) is 0 Å². The van der Waals surface area contributed by atoms with Crippen LogP contribution in [0.4, 0.5) is 10.5 Å². The maximum absolute atomic E-state index is 11.6. The molecule has 24 heavy (non-hydrogen) atoms. The fourth-order valence-corrected chi connectivity index (χ4v) is 3.02. The van der Waals surface area contributed by atoms with E-state index in [1.54, 1.807) is 24.3 Å². The first-order chi connectivity index (χ1) is 11.3. The lowest BCUT2D eigenvalue weighted by molar-refractivity contribution is -0.175. The Labute approximate surface area is 139 Å². The third-order valence-electron chi connectivity index (χ3n) is 4.11. The van der Waals surface area contributed by atoms with Crippen molar-refractivity contribution in [2.24, 2.45) is 0 Å². The summed E-state index contributed by atoms with van der Waals surface area (Å²) in [4.78, 5) is 12.6. The Bertz CT molecular complexity index is 646. The second-order valence-electron chi connectivity index (χ2n) is 6.37. The Hall–Kier alpha value is -2.16. The number of rotatable bonds is 3. The van der Waals surface area contributed by atoms with Crippen molar-refractivity contribution in [2.45, 2.75) is 37.9 Å². The Morgan fingerprint density at radius 3 is 2.67 bits per heavy atom. The van der Waals surface area contributed by atoms with Crippen molar-refractivity contribution in [3.63, 3.8) is 0 Å². The van der Waals surface area contributed by atoms with E-state index in [4.69, 9.17) is 25.4 Å². The summed E-state index contributed by atoms with van der Waals surface area (Å²) in [5.74, 6) is -0.844. The molecule has 1 amide bonds. The monoisotopic (exact) mass is 335 g/mol. The van der Waals surface area contributed by atoms with Crippen LogP contribution >= 0.6 is 0 Å². The molecular weight excluding hydrogens is 314 g/mol.